The number of ether oxygens (including phenoxy) is 1. The second-order valence-electron chi connectivity index (χ2n) is 4.60. The first kappa shape index (κ1) is 11.2. The molecule has 1 fully saturated rings. The fourth-order valence-electron chi connectivity index (χ4n) is 1.96. The maximum absolute atomic E-state index is 13.6. The molecule has 2 aromatic rings. The molecule has 1 aromatic heterocycles. The number of fused-ring (bicyclic) bond motifs is 1. The summed E-state index contributed by atoms with van der Waals surface area (Å²) in [4.78, 5) is 14.9. The van der Waals surface area contributed by atoms with Crippen LogP contribution in [-0.4, -0.2) is 36.3 Å². The maximum atomic E-state index is 13.6. The van der Waals surface area contributed by atoms with Gasteiger partial charge in [-0.1, -0.05) is 18.2 Å². The Bertz CT molecular complexity index is 556. The van der Waals surface area contributed by atoms with E-state index in [9.17, 15) is 9.18 Å². The van der Waals surface area contributed by atoms with Gasteiger partial charge in [0.15, 0.2) is 5.67 Å². The van der Waals surface area contributed by atoms with E-state index in [1.807, 2.05) is 24.3 Å². The van der Waals surface area contributed by atoms with E-state index >= 15 is 0 Å². The van der Waals surface area contributed by atoms with Gasteiger partial charge in [0.2, 0.25) is 0 Å². The van der Waals surface area contributed by atoms with Crippen LogP contribution in [0.4, 0.5) is 4.39 Å². The number of aromatic nitrogens is 1. The molecule has 0 atom stereocenters. The summed E-state index contributed by atoms with van der Waals surface area (Å²) in [6.45, 7) is 0.0984. The molecule has 2 heterocycles. The average Bonchev–Trinajstić information content (AvgIpc) is 2.77. The Kier molecular flexibility index (Phi) is 2.56. The van der Waals surface area contributed by atoms with Crippen LogP contribution in [-0.2, 0) is 4.74 Å². The molecule has 1 amide bonds. The Morgan fingerprint density at radius 2 is 2.22 bits per heavy atom. The smallest absolute Gasteiger partial charge is 0.267 e. The molecule has 5 heteroatoms. The Labute approximate surface area is 103 Å². The molecule has 1 aliphatic rings. The molecule has 2 N–H and O–H groups in total. The quantitative estimate of drug-likeness (QED) is 0.867. The van der Waals surface area contributed by atoms with Gasteiger partial charge in [-0.2, -0.15) is 0 Å². The lowest BCUT2D eigenvalue weighted by Gasteiger charge is -2.33. The predicted octanol–water partition coefficient (Wildman–Crippen LogP) is 1.64. The molecule has 0 aliphatic carbocycles. The van der Waals surface area contributed by atoms with Crippen molar-refractivity contribution >= 4 is 16.8 Å². The van der Waals surface area contributed by atoms with Crippen molar-refractivity contribution in [2.45, 2.75) is 5.67 Å². The normalized spacial score (nSPS) is 17.4. The molecule has 0 radical (unpaired) electrons. The molecule has 1 aromatic carbocycles. The van der Waals surface area contributed by atoms with Crippen LogP contribution in [0.15, 0.2) is 30.3 Å². The van der Waals surface area contributed by atoms with Crippen LogP contribution in [0.1, 0.15) is 10.5 Å². The van der Waals surface area contributed by atoms with Gasteiger partial charge < -0.3 is 15.0 Å². The number of halogens is 1. The summed E-state index contributed by atoms with van der Waals surface area (Å²) >= 11 is 0. The highest BCUT2D eigenvalue weighted by Crippen LogP contribution is 2.21. The van der Waals surface area contributed by atoms with Crippen LogP contribution in [0.2, 0.25) is 0 Å². The van der Waals surface area contributed by atoms with Crippen LogP contribution in [0.3, 0.4) is 0 Å². The number of hydrogen-bond acceptors (Lipinski definition) is 2. The number of carbonyl (C=O) groups is 1. The SMILES string of the molecule is O=C(NCC1(F)COC1)c1cc2ccccc2[nH]1. The van der Waals surface area contributed by atoms with Gasteiger partial charge >= 0.3 is 0 Å². The van der Waals surface area contributed by atoms with Crippen LogP contribution < -0.4 is 5.32 Å². The lowest BCUT2D eigenvalue weighted by atomic mass is 10.1. The zero-order chi connectivity index (χ0) is 12.6. The third-order valence-electron chi connectivity index (χ3n) is 3.06. The minimum Gasteiger partial charge on any atom is -0.374 e. The zero-order valence-corrected chi connectivity index (χ0v) is 9.70. The van der Waals surface area contributed by atoms with Gasteiger partial charge in [-0.25, -0.2) is 4.39 Å². The number of alkyl halides is 1. The molecule has 3 rings (SSSR count). The van der Waals surface area contributed by atoms with E-state index in [4.69, 9.17) is 4.74 Å². The third kappa shape index (κ3) is 1.97. The van der Waals surface area contributed by atoms with Gasteiger partial charge in [0.1, 0.15) is 5.69 Å². The molecule has 0 spiro atoms. The van der Waals surface area contributed by atoms with Crippen molar-refractivity contribution in [3.05, 3.63) is 36.0 Å². The van der Waals surface area contributed by atoms with E-state index in [2.05, 4.69) is 10.3 Å². The van der Waals surface area contributed by atoms with Crippen LogP contribution in [0, 0.1) is 0 Å². The summed E-state index contributed by atoms with van der Waals surface area (Å²) in [6.07, 6.45) is 0. The molecule has 18 heavy (non-hydrogen) atoms. The van der Waals surface area contributed by atoms with Gasteiger partial charge in [-0.15, -0.1) is 0 Å². The zero-order valence-electron chi connectivity index (χ0n) is 9.70. The summed E-state index contributed by atoms with van der Waals surface area (Å²) in [5.74, 6) is -0.296. The largest absolute Gasteiger partial charge is 0.374 e. The van der Waals surface area contributed by atoms with Crippen molar-refractivity contribution < 1.29 is 13.9 Å². The molecular formula is C13H13FN2O2. The Hall–Kier alpha value is -1.88. The Morgan fingerprint density at radius 1 is 1.44 bits per heavy atom. The Morgan fingerprint density at radius 3 is 2.89 bits per heavy atom. The summed E-state index contributed by atoms with van der Waals surface area (Å²) < 4.78 is 18.4. The lowest BCUT2D eigenvalue weighted by Crippen LogP contribution is -2.53. The molecule has 4 nitrogen and oxygen atoms in total. The Balaban J connectivity index is 1.71. The molecule has 0 bridgehead atoms. The topological polar surface area (TPSA) is 54.1 Å². The van der Waals surface area contributed by atoms with E-state index in [0.29, 0.717) is 5.69 Å². The summed E-state index contributed by atoms with van der Waals surface area (Å²) in [6, 6.07) is 9.36. The number of carbonyl (C=O) groups excluding carboxylic acids is 1. The van der Waals surface area contributed by atoms with Gasteiger partial charge in [-0.05, 0) is 12.1 Å². The first-order chi connectivity index (χ1) is 8.66. The predicted molar refractivity (Wildman–Crippen MR) is 65.3 cm³/mol. The number of H-pyrrole nitrogens is 1. The number of hydrogen-bond donors (Lipinski definition) is 2. The number of benzene rings is 1. The fraction of sp³-hybridized carbons (Fsp3) is 0.308. The van der Waals surface area contributed by atoms with Gasteiger partial charge in [0, 0.05) is 10.9 Å². The highest BCUT2D eigenvalue weighted by atomic mass is 19.1. The maximum Gasteiger partial charge on any atom is 0.267 e. The highest BCUT2D eigenvalue weighted by molar-refractivity contribution is 5.98. The number of nitrogens with one attached hydrogen (secondary N) is 2. The fourth-order valence-corrected chi connectivity index (χ4v) is 1.96. The van der Waals surface area contributed by atoms with Crippen LogP contribution in [0.5, 0.6) is 0 Å². The first-order valence-corrected chi connectivity index (χ1v) is 5.79. The number of para-hydroxylation sites is 1. The van der Waals surface area contributed by atoms with Crippen LogP contribution in [0.25, 0.3) is 10.9 Å². The van der Waals surface area contributed by atoms with E-state index in [-0.39, 0.29) is 25.7 Å². The van der Waals surface area contributed by atoms with Crippen molar-refractivity contribution in [1.29, 1.82) is 0 Å². The standard InChI is InChI=1S/C13H13FN2O2/c14-13(7-18-8-13)6-15-12(17)11-5-9-3-1-2-4-10(9)16-11/h1-5,16H,6-8H2,(H,15,17). The molecule has 1 saturated heterocycles. The number of aromatic amines is 1. The molecule has 1 aliphatic heterocycles. The minimum absolute atomic E-state index is 0.0127. The highest BCUT2D eigenvalue weighted by Gasteiger charge is 2.39. The second kappa shape index (κ2) is 4.10. The van der Waals surface area contributed by atoms with Crippen molar-refractivity contribution in [2.24, 2.45) is 0 Å². The number of rotatable bonds is 3. The van der Waals surface area contributed by atoms with Gasteiger partial charge in [0.05, 0.1) is 19.8 Å². The number of amides is 1. The van der Waals surface area contributed by atoms with E-state index in [1.54, 1.807) is 6.07 Å². The molecule has 0 saturated carbocycles. The summed E-state index contributed by atoms with van der Waals surface area (Å²) in [5, 5.41) is 3.54. The monoisotopic (exact) mass is 248 g/mol. The van der Waals surface area contributed by atoms with Gasteiger partial charge in [-0.3, -0.25) is 4.79 Å². The minimum atomic E-state index is -1.40. The van der Waals surface area contributed by atoms with Crippen molar-refractivity contribution in [3.63, 3.8) is 0 Å². The first-order valence-electron chi connectivity index (χ1n) is 5.79. The van der Waals surface area contributed by atoms with Crippen LogP contribution >= 0.6 is 0 Å². The van der Waals surface area contributed by atoms with Crippen molar-refractivity contribution in [2.75, 3.05) is 19.8 Å². The summed E-state index contributed by atoms with van der Waals surface area (Å²) in [5.41, 5.74) is -0.0635. The molecule has 94 valence electrons. The van der Waals surface area contributed by atoms with E-state index < -0.39 is 5.67 Å². The van der Waals surface area contributed by atoms with Crippen molar-refractivity contribution in [1.82, 2.24) is 10.3 Å². The second-order valence-corrected chi connectivity index (χ2v) is 4.60. The van der Waals surface area contributed by atoms with E-state index in [1.165, 1.54) is 0 Å². The van der Waals surface area contributed by atoms with Gasteiger partial charge in [0.25, 0.3) is 5.91 Å². The average molecular weight is 248 g/mol. The third-order valence-corrected chi connectivity index (χ3v) is 3.06. The summed E-state index contributed by atoms with van der Waals surface area (Å²) in [7, 11) is 0. The van der Waals surface area contributed by atoms with Crippen molar-refractivity contribution in [3.8, 4) is 0 Å². The van der Waals surface area contributed by atoms with E-state index in [0.717, 1.165) is 10.9 Å². The molecular weight excluding hydrogens is 235 g/mol. The molecule has 0 unspecified atom stereocenters. The lowest BCUT2D eigenvalue weighted by molar-refractivity contribution is -0.126.